The van der Waals surface area contributed by atoms with Gasteiger partial charge in [0.1, 0.15) is 13.1 Å². The molecule has 0 aromatic heterocycles. The van der Waals surface area contributed by atoms with Crippen LogP contribution in [0.3, 0.4) is 0 Å². The van der Waals surface area contributed by atoms with E-state index in [1.807, 2.05) is 32.0 Å². The maximum absolute atomic E-state index is 12.7. The molecule has 0 saturated carbocycles. The molecule has 0 aliphatic carbocycles. The molecule has 1 aliphatic rings. The average Bonchev–Trinajstić information content (AvgIpc) is 3.01. The predicted octanol–water partition coefficient (Wildman–Crippen LogP) is -1.23. The SMILES string of the molecule is CC(C)NC(=O)Nc1ccc(S(=O)(=O)Cc2ccc3c(c2)C[NH2+]C3)cc1.[Cl-]. The summed E-state index contributed by atoms with van der Waals surface area (Å²) in [6.45, 7) is 5.60. The molecule has 0 unspecified atom stereocenters. The van der Waals surface area contributed by atoms with Gasteiger partial charge in [-0.05, 0) is 49.7 Å². The van der Waals surface area contributed by atoms with Gasteiger partial charge in [-0.15, -0.1) is 0 Å². The fraction of sp³-hybridized carbons (Fsp3) is 0.316. The summed E-state index contributed by atoms with van der Waals surface area (Å²) in [5, 5.41) is 7.60. The molecular formula is C19H24ClN3O3S. The van der Waals surface area contributed by atoms with Crippen molar-refractivity contribution in [2.24, 2.45) is 0 Å². The summed E-state index contributed by atoms with van der Waals surface area (Å²) in [4.78, 5) is 11.9. The molecule has 146 valence electrons. The summed E-state index contributed by atoms with van der Waals surface area (Å²) < 4.78 is 25.3. The lowest BCUT2D eigenvalue weighted by Gasteiger charge is -2.11. The fourth-order valence-corrected chi connectivity index (χ4v) is 4.35. The van der Waals surface area contributed by atoms with Crippen molar-refractivity contribution in [1.82, 2.24) is 5.32 Å². The third kappa shape index (κ3) is 5.45. The minimum absolute atomic E-state index is 0. The molecule has 0 radical (unpaired) electrons. The van der Waals surface area contributed by atoms with Crippen LogP contribution in [0.5, 0.6) is 0 Å². The topological polar surface area (TPSA) is 91.9 Å². The second-order valence-corrected chi connectivity index (χ2v) is 8.83. The Balaban J connectivity index is 0.00000261. The van der Waals surface area contributed by atoms with Gasteiger partial charge in [-0.3, -0.25) is 0 Å². The molecule has 27 heavy (non-hydrogen) atoms. The minimum Gasteiger partial charge on any atom is -1.00 e. The first-order chi connectivity index (χ1) is 12.3. The molecule has 0 saturated heterocycles. The van der Waals surface area contributed by atoms with Crippen LogP contribution in [0.4, 0.5) is 10.5 Å². The third-order valence-corrected chi connectivity index (χ3v) is 5.95. The number of sulfone groups is 1. The van der Waals surface area contributed by atoms with E-state index >= 15 is 0 Å². The molecule has 2 aromatic rings. The number of carbonyl (C=O) groups is 1. The van der Waals surface area contributed by atoms with E-state index in [-0.39, 0.29) is 35.1 Å². The molecule has 2 amide bonds. The molecule has 1 aliphatic heterocycles. The first kappa shape index (κ1) is 21.2. The highest BCUT2D eigenvalue weighted by Gasteiger charge is 2.19. The monoisotopic (exact) mass is 409 g/mol. The smallest absolute Gasteiger partial charge is 0.319 e. The summed E-state index contributed by atoms with van der Waals surface area (Å²) >= 11 is 0. The number of nitrogens with two attached hydrogens (primary N) is 1. The molecular weight excluding hydrogens is 386 g/mol. The molecule has 0 atom stereocenters. The van der Waals surface area contributed by atoms with Gasteiger partial charge in [0.15, 0.2) is 9.84 Å². The second-order valence-electron chi connectivity index (χ2n) is 6.84. The zero-order valence-electron chi connectivity index (χ0n) is 15.3. The summed E-state index contributed by atoms with van der Waals surface area (Å²) in [6.07, 6.45) is 0. The molecule has 0 bridgehead atoms. The van der Waals surface area contributed by atoms with Crippen LogP contribution < -0.4 is 28.4 Å². The Morgan fingerprint density at radius 3 is 2.41 bits per heavy atom. The number of halogens is 1. The van der Waals surface area contributed by atoms with Gasteiger partial charge in [0.2, 0.25) is 0 Å². The quantitative estimate of drug-likeness (QED) is 0.577. The Labute approximate surface area is 166 Å². The number of hydrogen-bond donors (Lipinski definition) is 3. The summed E-state index contributed by atoms with van der Waals surface area (Å²) in [7, 11) is -3.43. The van der Waals surface area contributed by atoms with Gasteiger partial charge in [-0.25, -0.2) is 13.2 Å². The van der Waals surface area contributed by atoms with Crippen molar-refractivity contribution < 1.29 is 30.9 Å². The molecule has 0 spiro atoms. The van der Waals surface area contributed by atoms with Crippen LogP contribution in [0, 0.1) is 0 Å². The number of rotatable bonds is 5. The fourth-order valence-electron chi connectivity index (χ4n) is 3.02. The van der Waals surface area contributed by atoms with E-state index in [9.17, 15) is 13.2 Å². The van der Waals surface area contributed by atoms with Crippen LogP contribution in [0.1, 0.15) is 30.5 Å². The number of nitrogens with one attached hydrogen (secondary N) is 2. The standard InChI is InChI=1S/C19H23N3O3S.ClH/c1-13(2)21-19(23)22-17-5-7-18(8-6-17)26(24,25)12-14-3-4-15-10-20-11-16(15)9-14;/h3-9,13,20H,10-12H2,1-2H3,(H2,21,22,23);1H. The number of fused-ring (bicyclic) bond motifs is 1. The summed E-state index contributed by atoms with van der Waals surface area (Å²) in [6, 6.07) is 11.9. The van der Waals surface area contributed by atoms with Crippen molar-refractivity contribution in [1.29, 1.82) is 0 Å². The van der Waals surface area contributed by atoms with Crippen LogP contribution in [0.25, 0.3) is 0 Å². The number of hydrogen-bond acceptors (Lipinski definition) is 3. The molecule has 1 heterocycles. The van der Waals surface area contributed by atoms with Crippen LogP contribution in [-0.2, 0) is 28.7 Å². The number of quaternary nitrogens is 1. The number of urea groups is 1. The lowest BCUT2D eigenvalue weighted by molar-refractivity contribution is -0.676. The number of carbonyl (C=O) groups excluding carboxylic acids is 1. The van der Waals surface area contributed by atoms with Gasteiger partial charge in [0.25, 0.3) is 0 Å². The Morgan fingerprint density at radius 2 is 1.74 bits per heavy atom. The Morgan fingerprint density at radius 1 is 1.07 bits per heavy atom. The zero-order chi connectivity index (χ0) is 18.7. The van der Waals surface area contributed by atoms with E-state index in [0.29, 0.717) is 5.69 Å². The summed E-state index contributed by atoms with van der Waals surface area (Å²) in [5.74, 6) is -0.0269. The number of benzene rings is 2. The van der Waals surface area contributed by atoms with Gasteiger partial charge in [0.05, 0.1) is 10.6 Å². The molecule has 4 N–H and O–H groups in total. The average molecular weight is 410 g/mol. The van der Waals surface area contributed by atoms with Crippen molar-refractivity contribution in [2.45, 2.75) is 43.6 Å². The molecule has 6 nitrogen and oxygen atoms in total. The van der Waals surface area contributed by atoms with Gasteiger partial charge in [-0.2, -0.15) is 0 Å². The predicted molar refractivity (Wildman–Crippen MR) is 100 cm³/mol. The first-order valence-electron chi connectivity index (χ1n) is 8.66. The molecule has 2 aromatic carbocycles. The van der Waals surface area contributed by atoms with Crippen LogP contribution >= 0.6 is 0 Å². The van der Waals surface area contributed by atoms with E-state index in [1.165, 1.54) is 23.3 Å². The van der Waals surface area contributed by atoms with Crippen molar-refractivity contribution in [3.05, 3.63) is 59.2 Å². The maximum Gasteiger partial charge on any atom is 0.319 e. The van der Waals surface area contributed by atoms with E-state index in [0.717, 1.165) is 18.7 Å². The van der Waals surface area contributed by atoms with Gasteiger partial charge in [-0.1, -0.05) is 12.1 Å². The van der Waals surface area contributed by atoms with Crippen LogP contribution in [-0.4, -0.2) is 20.5 Å². The molecule has 3 rings (SSSR count). The largest absolute Gasteiger partial charge is 1.00 e. The maximum atomic E-state index is 12.7. The number of amides is 2. The highest BCUT2D eigenvalue weighted by Crippen LogP contribution is 2.21. The lowest BCUT2D eigenvalue weighted by Crippen LogP contribution is -3.00. The molecule has 8 heteroatoms. The van der Waals surface area contributed by atoms with Crippen molar-refractivity contribution in [2.75, 3.05) is 5.32 Å². The Kier molecular flexibility index (Phi) is 6.86. The van der Waals surface area contributed by atoms with Gasteiger partial charge >= 0.3 is 6.03 Å². The van der Waals surface area contributed by atoms with Crippen molar-refractivity contribution in [3.63, 3.8) is 0 Å². The normalized spacial score (nSPS) is 13.0. The van der Waals surface area contributed by atoms with E-state index in [4.69, 9.17) is 0 Å². The number of anilines is 1. The highest BCUT2D eigenvalue weighted by atomic mass is 35.5. The van der Waals surface area contributed by atoms with E-state index in [1.54, 1.807) is 12.1 Å². The molecule has 0 fully saturated rings. The van der Waals surface area contributed by atoms with E-state index < -0.39 is 9.84 Å². The van der Waals surface area contributed by atoms with Crippen LogP contribution in [0.15, 0.2) is 47.4 Å². The highest BCUT2D eigenvalue weighted by molar-refractivity contribution is 7.90. The van der Waals surface area contributed by atoms with Crippen molar-refractivity contribution >= 4 is 21.6 Å². The first-order valence-corrected chi connectivity index (χ1v) is 10.3. The third-order valence-electron chi connectivity index (χ3n) is 4.25. The van der Waals surface area contributed by atoms with Gasteiger partial charge in [0, 0.05) is 22.9 Å². The lowest BCUT2D eigenvalue weighted by atomic mass is 10.1. The second kappa shape index (κ2) is 8.73. The minimum atomic E-state index is -3.43. The van der Waals surface area contributed by atoms with Crippen molar-refractivity contribution in [3.8, 4) is 0 Å². The summed E-state index contributed by atoms with van der Waals surface area (Å²) in [5.41, 5.74) is 3.85. The Hall–Kier alpha value is -2.09. The zero-order valence-corrected chi connectivity index (χ0v) is 16.9. The van der Waals surface area contributed by atoms with E-state index in [2.05, 4.69) is 16.0 Å². The van der Waals surface area contributed by atoms with Gasteiger partial charge < -0.3 is 28.4 Å². The van der Waals surface area contributed by atoms with Crippen LogP contribution in [0.2, 0.25) is 0 Å². The Bertz CT molecular complexity index is 912.